The second kappa shape index (κ2) is 9.19. The van der Waals surface area contributed by atoms with Crippen LogP contribution in [0.15, 0.2) is 59.5 Å². The molecular formula is C21H23NO6S. The molecule has 1 aliphatic heterocycles. The molecule has 1 saturated heterocycles. The van der Waals surface area contributed by atoms with Crippen LogP contribution in [0.5, 0.6) is 5.75 Å². The number of carbonyl (C=O) groups is 2. The maximum atomic E-state index is 12.5. The number of esters is 1. The minimum Gasteiger partial charge on any atom is -0.479 e. The van der Waals surface area contributed by atoms with Crippen molar-refractivity contribution in [1.82, 2.24) is 4.31 Å². The van der Waals surface area contributed by atoms with Crippen LogP contribution in [0.1, 0.15) is 30.1 Å². The van der Waals surface area contributed by atoms with Crippen LogP contribution in [-0.4, -0.2) is 50.3 Å². The Labute approximate surface area is 170 Å². The van der Waals surface area contributed by atoms with Crippen molar-refractivity contribution in [2.45, 2.75) is 30.8 Å². The predicted octanol–water partition coefficient (Wildman–Crippen LogP) is 2.66. The zero-order valence-electron chi connectivity index (χ0n) is 16.1. The quantitative estimate of drug-likeness (QED) is 0.485. The zero-order valence-corrected chi connectivity index (χ0v) is 16.9. The van der Waals surface area contributed by atoms with E-state index in [9.17, 15) is 18.0 Å². The van der Waals surface area contributed by atoms with Crippen LogP contribution in [0, 0.1) is 0 Å². The maximum Gasteiger partial charge on any atom is 0.347 e. The molecule has 154 valence electrons. The number of sulfonamides is 1. The molecule has 0 bridgehead atoms. The Morgan fingerprint density at radius 1 is 1.00 bits per heavy atom. The van der Waals surface area contributed by atoms with Crippen LogP contribution in [0.25, 0.3) is 0 Å². The summed E-state index contributed by atoms with van der Waals surface area (Å²) in [5.41, 5.74) is 0.273. The molecule has 0 aromatic heterocycles. The van der Waals surface area contributed by atoms with Gasteiger partial charge in [0.25, 0.3) is 0 Å². The van der Waals surface area contributed by atoms with Gasteiger partial charge < -0.3 is 9.47 Å². The first-order chi connectivity index (χ1) is 13.9. The number of Topliss-reactive ketones (excluding diaryl/α,β-unsaturated/α-hetero) is 1. The van der Waals surface area contributed by atoms with Crippen LogP contribution in [0.4, 0.5) is 0 Å². The highest BCUT2D eigenvalue weighted by Crippen LogP contribution is 2.21. The second-order valence-electron chi connectivity index (χ2n) is 6.74. The van der Waals surface area contributed by atoms with E-state index in [1.807, 2.05) is 6.07 Å². The van der Waals surface area contributed by atoms with E-state index in [0.717, 1.165) is 12.8 Å². The van der Waals surface area contributed by atoms with Crippen molar-refractivity contribution >= 4 is 21.8 Å². The summed E-state index contributed by atoms with van der Waals surface area (Å²) in [4.78, 5) is 24.5. The third-order valence-corrected chi connectivity index (χ3v) is 6.53. The minimum absolute atomic E-state index is 0.151. The monoisotopic (exact) mass is 417 g/mol. The van der Waals surface area contributed by atoms with Gasteiger partial charge in [-0.25, -0.2) is 13.2 Å². The zero-order chi connectivity index (χ0) is 20.9. The SMILES string of the molecule is C[C@H](Oc1ccccc1)C(=O)OCC(=O)c1ccc(S(=O)(=O)N2CCCC2)cc1. The van der Waals surface area contributed by atoms with Gasteiger partial charge in [0.1, 0.15) is 5.75 Å². The summed E-state index contributed by atoms with van der Waals surface area (Å²) in [7, 11) is -3.53. The van der Waals surface area contributed by atoms with Crippen LogP contribution in [-0.2, 0) is 19.6 Å². The molecule has 0 amide bonds. The fourth-order valence-electron chi connectivity index (χ4n) is 2.98. The molecule has 1 aliphatic rings. The average Bonchev–Trinajstić information content (AvgIpc) is 3.28. The van der Waals surface area contributed by atoms with Gasteiger partial charge in [-0.2, -0.15) is 4.31 Å². The number of benzene rings is 2. The molecule has 0 radical (unpaired) electrons. The number of para-hydroxylation sites is 1. The number of hydrogen-bond donors (Lipinski definition) is 0. The molecule has 0 aliphatic carbocycles. The largest absolute Gasteiger partial charge is 0.479 e. The van der Waals surface area contributed by atoms with Crippen molar-refractivity contribution in [3.8, 4) is 5.75 Å². The number of nitrogens with zero attached hydrogens (tertiary/aromatic N) is 1. The first-order valence-electron chi connectivity index (χ1n) is 9.39. The fraction of sp³-hybridized carbons (Fsp3) is 0.333. The molecule has 0 N–H and O–H groups in total. The van der Waals surface area contributed by atoms with E-state index in [2.05, 4.69) is 0 Å². The number of ether oxygens (including phenoxy) is 2. The van der Waals surface area contributed by atoms with Gasteiger partial charge in [-0.3, -0.25) is 4.79 Å². The van der Waals surface area contributed by atoms with Gasteiger partial charge in [-0.15, -0.1) is 0 Å². The van der Waals surface area contributed by atoms with Crippen molar-refractivity contribution < 1.29 is 27.5 Å². The smallest absolute Gasteiger partial charge is 0.347 e. The van der Waals surface area contributed by atoms with Crippen molar-refractivity contribution in [3.05, 3.63) is 60.2 Å². The van der Waals surface area contributed by atoms with Gasteiger partial charge in [0.2, 0.25) is 10.0 Å². The summed E-state index contributed by atoms with van der Waals surface area (Å²) in [5.74, 6) is -0.552. The molecule has 29 heavy (non-hydrogen) atoms. The first kappa shape index (κ1) is 21.0. The Kier molecular flexibility index (Phi) is 6.66. The number of carbonyl (C=O) groups excluding carboxylic acids is 2. The molecule has 1 heterocycles. The third-order valence-electron chi connectivity index (χ3n) is 4.61. The summed E-state index contributed by atoms with van der Waals surface area (Å²) >= 11 is 0. The lowest BCUT2D eigenvalue weighted by Gasteiger charge is -2.15. The van der Waals surface area contributed by atoms with E-state index < -0.39 is 34.5 Å². The number of hydrogen-bond acceptors (Lipinski definition) is 6. The summed E-state index contributed by atoms with van der Waals surface area (Å²) in [5, 5.41) is 0. The fourth-order valence-corrected chi connectivity index (χ4v) is 4.50. The van der Waals surface area contributed by atoms with E-state index in [4.69, 9.17) is 9.47 Å². The van der Waals surface area contributed by atoms with Crippen LogP contribution in [0.3, 0.4) is 0 Å². The Bertz CT molecular complexity index is 950. The van der Waals surface area contributed by atoms with Gasteiger partial charge in [-0.05, 0) is 56.2 Å². The normalized spacial score (nSPS) is 15.6. The van der Waals surface area contributed by atoms with Crippen molar-refractivity contribution in [1.29, 1.82) is 0 Å². The van der Waals surface area contributed by atoms with Crippen molar-refractivity contribution in [2.75, 3.05) is 19.7 Å². The highest BCUT2D eigenvalue weighted by Gasteiger charge is 2.27. The Hall–Kier alpha value is -2.71. The molecule has 3 rings (SSSR count). The minimum atomic E-state index is -3.53. The predicted molar refractivity (Wildman–Crippen MR) is 106 cm³/mol. The second-order valence-corrected chi connectivity index (χ2v) is 8.68. The summed E-state index contributed by atoms with van der Waals surface area (Å²) < 4.78 is 37.0. The van der Waals surface area contributed by atoms with E-state index in [1.165, 1.54) is 35.5 Å². The summed E-state index contributed by atoms with van der Waals surface area (Å²) in [6, 6.07) is 14.5. The molecule has 0 spiro atoms. The average molecular weight is 417 g/mol. The van der Waals surface area contributed by atoms with E-state index in [1.54, 1.807) is 24.3 Å². The highest BCUT2D eigenvalue weighted by atomic mass is 32.2. The van der Waals surface area contributed by atoms with Crippen LogP contribution >= 0.6 is 0 Å². The van der Waals surface area contributed by atoms with Gasteiger partial charge in [0.15, 0.2) is 18.5 Å². The lowest BCUT2D eigenvalue weighted by atomic mass is 10.1. The number of rotatable bonds is 8. The van der Waals surface area contributed by atoms with E-state index in [0.29, 0.717) is 18.8 Å². The third kappa shape index (κ3) is 5.21. The van der Waals surface area contributed by atoms with E-state index in [-0.39, 0.29) is 10.5 Å². The molecular weight excluding hydrogens is 394 g/mol. The molecule has 2 aromatic rings. The lowest BCUT2D eigenvalue weighted by molar-refractivity contribution is -0.149. The molecule has 8 heteroatoms. The van der Waals surface area contributed by atoms with E-state index >= 15 is 0 Å². The standard InChI is InChI=1S/C21H23NO6S/c1-16(28-18-7-3-2-4-8-18)21(24)27-15-20(23)17-9-11-19(12-10-17)29(25,26)22-13-5-6-14-22/h2-4,7-12,16H,5-6,13-15H2,1H3/t16-/m0/s1. The van der Waals surface area contributed by atoms with Crippen LogP contribution < -0.4 is 4.74 Å². The summed E-state index contributed by atoms with van der Waals surface area (Å²) in [6.07, 6.45) is 0.847. The molecule has 0 saturated carbocycles. The Morgan fingerprint density at radius 2 is 1.62 bits per heavy atom. The van der Waals surface area contributed by atoms with Gasteiger partial charge in [-0.1, -0.05) is 18.2 Å². The highest BCUT2D eigenvalue weighted by molar-refractivity contribution is 7.89. The van der Waals surface area contributed by atoms with Crippen molar-refractivity contribution in [2.24, 2.45) is 0 Å². The molecule has 1 fully saturated rings. The van der Waals surface area contributed by atoms with Crippen molar-refractivity contribution in [3.63, 3.8) is 0 Å². The molecule has 0 unspecified atom stereocenters. The topological polar surface area (TPSA) is 90.0 Å². The molecule has 1 atom stereocenters. The molecule has 2 aromatic carbocycles. The van der Waals surface area contributed by atoms with Gasteiger partial charge in [0.05, 0.1) is 4.90 Å². The Balaban J connectivity index is 1.54. The maximum absolute atomic E-state index is 12.5. The number of ketones is 1. The van der Waals surface area contributed by atoms with Gasteiger partial charge >= 0.3 is 5.97 Å². The molecule has 7 nitrogen and oxygen atoms in total. The Morgan fingerprint density at radius 3 is 2.24 bits per heavy atom. The lowest BCUT2D eigenvalue weighted by Crippen LogP contribution is -2.28. The first-order valence-corrected chi connectivity index (χ1v) is 10.8. The van der Waals surface area contributed by atoms with Gasteiger partial charge in [0, 0.05) is 18.7 Å². The summed E-state index contributed by atoms with van der Waals surface area (Å²) in [6.45, 7) is 2.13. The van der Waals surface area contributed by atoms with Crippen LogP contribution in [0.2, 0.25) is 0 Å².